The highest BCUT2D eigenvalue weighted by atomic mass is 16.3. The van der Waals surface area contributed by atoms with E-state index in [4.69, 9.17) is 4.42 Å². The lowest BCUT2D eigenvalue weighted by Crippen LogP contribution is -2.16. The average Bonchev–Trinajstić information content (AvgIpc) is 3.33. The molecular weight excluding hydrogens is 336 g/mol. The van der Waals surface area contributed by atoms with Crippen LogP contribution in [0.1, 0.15) is 29.9 Å². The number of para-hydroxylation sites is 1. The molecule has 4 rings (SSSR count). The molecule has 2 heterocycles. The number of aromatic nitrogens is 1. The van der Waals surface area contributed by atoms with Crippen LogP contribution in [0.5, 0.6) is 0 Å². The molecule has 4 heteroatoms. The summed E-state index contributed by atoms with van der Waals surface area (Å²) in [5.74, 6) is 1.77. The zero-order valence-corrected chi connectivity index (χ0v) is 15.4. The molecule has 0 spiro atoms. The topological polar surface area (TPSA) is 61.2 Å². The lowest BCUT2D eigenvalue weighted by molar-refractivity contribution is 0.199. The molecule has 4 nitrogen and oxygen atoms in total. The number of nitrogens with one attached hydrogen (secondary N) is 2. The van der Waals surface area contributed by atoms with Crippen LogP contribution in [-0.2, 0) is 13.0 Å². The number of hydrogen-bond acceptors (Lipinski definition) is 3. The normalized spacial score (nSPS) is 12.5. The third kappa shape index (κ3) is 3.97. The van der Waals surface area contributed by atoms with Crippen LogP contribution < -0.4 is 5.32 Å². The van der Waals surface area contributed by atoms with Crippen molar-refractivity contribution in [3.8, 4) is 11.3 Å². The molecule has 0 saturated carbocycles. The summed E-state index contributed by atoms with van der Waals surface area (Å²) in [5.41, 5.74) is 4.44. The van der Waals surface area contributed by atoms with E-state index in [0.717, 1.165) is 35.6 Å². The van der Waals surface area contributed by atoms with E-state index in [9.17, 15) is 5.11 Å². The summed E-state index contributed by atoms with van der Waals surface area (Å²) in [4.78, 5) is 3.32. The zero-order valence-electron chi connectivity index (χ0n) is 15.4. The summed E-state index contributed by atoms with van der Waals surface area (Å²) in [7, 11) is 0. The Bertz CT molecular complexity index is 1010. The van der Waals surface area contributed by atoms with Crippen molar-refractivity contribution in [2.75, 3.05) is 6.54 Å². The fourth-order valence-corrected chi connectivity index (χ4v) is 3.33. The minimum atomic E-state index is -0.451. The molecule has 0 amide bonds. The first-order valence-corrected chi connectivity index (χ1v) is 9.33. The van der Waals surface area contributed by atoms with E-state index in [1.807, 2.05) is 42.5 Å². The van der Waals surface area contributed by atoms with E-state index in [2.05, 4.69) is 34.7 Å². The van der Waals surface area contributed by atoms with Gasteiger partial charge in [-0.2, -0.15) is 0 Å². The Balaban J connectivity index is 1.32. The lowest BCUT2D eigenvalue weighted by atomic mass is 10.1. The van der Waals surface area contributed by atoms with E-state index in [1.165, 1.54) is 16.5 Å². The molecule has 0 aliphatic rings. The first-order valence-electron chi connectivity index (χ1n) is 9.33. The van der Waals surface area contributed by atoms with Gasteiger partial charge in [-0.25, -0.2) is 0 Å². The van der Waals surface area contributed by atoms with Crippen LogP contribution in [0.4, 0.5) is 0 Å². The number of H-pyrrole nitrogens is 1. The van der Waals surface area contributed by atoms with Crippen LogP contribution in [0.15, 0.2) is 71.3 Å². The molecule has 0 fully saturated rings. The molecule has 0 aliphatic carbocycles. The molecule has 27 heavy (non-hydrogen) atoms. The second kappa shape index (κ2) is 7.82. The summed E-state index contributed by atoms with van der Waals surface area (Å²) in [5, 5.41) is 14.3. The summed E-state index contributed by atoms with van der Waals surface area (Å²) < 4.78 is 5.95. The Morgan fingerprint density at radius 2 is 1.85 bits per heavy atom. The maximum atomic E-state index is 9.60. The van der Waals surface area contributed by atoms with E-state index in [0.29, 0.717) is 6.54 Å². The number of fused-ring (bicyclic) bond motifs is 1. The predicted octanol–water partition coefficient (Wildman–Crippen LogP) is 4.81. The van der Waals surface area contributed by atoms with Gasteiger partial charge in [-0.3, -0.25) is 0 Å². The van der Waals surface area contributed by atoms with Crippen LogP contribution in [0, 0.1) is 0 Å². The van der Waals surface area contributed by atoms with Gasteiger partial charge in [0, 0.05) is 22.7 Å². The van der Waals surface area contributed by atoms with Crippen molar-refractivity contribution in [2.45, 2.75) is 26.0 Å². The third-order valence-corrected chi connectivity index (χ3v) is 4.88. The zero-order chi connectivity index (χ0) is 18.6. The van der Waals surface area contributed by atoms with Gasteiger partial charge in [0.1, 0.15) is 11.5 Å². The SMILES string of the molecule is CC(O)c1ccc(-c2ccc(CNCCc3c[nH]c4ccccc34)o2)cc1. The Morgan fingerprint density at radius 1 is 1.04 bits per heavy atom. The smallest absolute Gasteiger partial charge is 0.134 e. The monoisotopic (exact) mass is 360 g/mol. The molecule has 0 bridgehead atoms. The van der Waals surface area contributed by atoms with Crippen molar-refractivity contribution < 1.29 is 9.52 Å². The summed E-state index contributed by atoms with van der Waals surface area (Å²) >= 11 is 0. The van der Waals surface area contributed by atoms with Crippen molar-refractivity contribution in [1.82, 2.24) is 10.3 Å². The Hall–Kier alpha value is -2.82. The molecule has 0 aliphatic heterocycles. The second-order valence-electron chi connectivity index (χ2n) is 6.85. The number of furan rings is 1. The van der Waals surface area contributed by atoms with Gasteiger partial charge in [-0.1, -0.05) is 42.5 Å². The number of aromatic amines is 1. The van der Waals surface area contributed by atoms with Gasteiger partial charge in [0.25, 0.3) is 0 Å². The third-order valence-electron chi connectivity index (χ3n) is 4.88. The van der Waals surface area contributed by atoms with Crippen LogP contribution >= 0.6 is 0 Å². The fraction of sp³-hybridized carbons (Fsp3) is 0.217. The van der Waals surface area contributed by atoms with Crippen molar-refractivity contribution in [3.05, 3.63) is 83.7 Å². The molecule has 138 valence electrons. The minimum absolute atomic E-state index is 0.451. The predicted molar refractivity (Wildman–Crippen MR) is 108 cm³/mol. The Kier molecular flexibility index (Phi) is 5.10. The largest absolute Gasteiger partial charge is 0.460 e. The number of aliphatic hydroxyl groups is 1. The molecule has 2 aromatic carbocycles. The van der Waals surface area contributed by atoms with Crippen molar-refractivity contribution in [3.63, 3.8) is 0 Å². The summed E-state index contributed by atoms with van der Waals surface area (Å²) in [6.45, 7) is 3.36. The highest BCUT2D eigenvalue weighted by molar-refractivity contribution is 5.83. The minimum Gasteiger partial charge on any atom is -0.460 e. The van der Waals surface area contributed by atoms with Crippen LogP contribution in [0.3, 0.4) is 0 Å². The van der Waals surface area contributed by atoms with Gasteiger partial charge in [0.15, 0.2) is 0 Å². The van der Waals surface area contributed by atoms with Crippen molar-refractivity contribution in [1.29, 1.82) is 0 Å². The standard InChI is InChI=1S/C23H24N2O2/c1-16(26)17-6-8-18(9-7-17)23-11-10-20(27-23)15-24-13-12-19-14-25-22-5-3-2-4-21(19)22/h2-11,14,16,24-26H,12-13,15H2,1H3. The number of hydrogen-bond donors (Lipinski definition) is 3. The number of aliphatic hydroxyl groups excluding tert-OH is 1. The average molecular weight is 360 g/mol. The number of benzene rings is 2. The first kappa shape index (κ1) is 17.6. The summed E-state index contributed by atoms with van der Waals surface area (Å²) in [6, 6.07) is 20.2. The molecule has 0 saturated heterocycles. The molecule has 0 radical (unpaired) electrons. The van der Waals surface area contributed by atoms with Gasteiger partial charge in [-0.15, -0.1) is 0 Å². The molecule has 2 aromatic heterocycles. The van der Waals surface area contributed by atoms with E-state index in [1.54, 1.807) is 6.92 Å². The molecule has 1 atom stereocenters. The Labute approximate surface area is 158 Å². The van der Waals surface area contributed by atoms with Crippen LogP contribution in [0.2, 0.25) is 0 Å². The van der Waals surface area contributed by atoms with E-state index < -0.39 is 6.10 Å². The van der Waals surface area contributed by atoms with Gasteiger partial charge >= 0.3 is 0 Å². The van der Waals surface area contributed by atoms with Crippen LogP contribution in [0.25, 0.3) is 22.2 Å². The highest BCUT2D eigenvalue weighted by Crippen LogP contribution is 2.24. The number of rotatable bonds is 7. The molecular formula is C23H24N2O2. The Morgan fingerprint density at radius 3 is 2.67 bits per heavy atom. The summed E-state index contributed by atoms with van der Waals surface area (Å²) in [6.07, 6.45) is 2.61. The van der Waals surface area contributed by atoms with E-state index in [-0.39, 0.29) is 0 Å². The van der Waals surface area contributed by atoms with Crippen LogP contribution in [-0.4, -0.2) is 16.6 Å². The molecule has 1 unspecified atom stereocenters. The molecule has 4 aromatic rings. The first-order chi connectivity index (χ1) is 13.2. The highest BCUT2D eigenvalue weighted by Gasteiger charge is 2.07. The fourth-order valence-electron chi connectivity index (χ4n) is 3.33. The lowest BCUT2D eigenvalue weighted by Gasteiger charge is -2.05. The van der Waals surface area contributed by atoms with Gasteiger partial charge in [0.05, 0.1) is 12.6 Å². The molecule has 3 N–H and O–H groups in total. The van der Waals surface area contributed by atoms with E-state index >= 15 is 0 Å². The maximum Gasteiger partial charge on any atom is 0.134 e. The van der Waals surface area contributed by atoms with Crippen molar-refractivity contribution in [2.24, 2.45) is 0 Å². The van der Waals surface area contributed by atoms with Gasteiger partial charge < -0.3 is 19.8 Å². The van der Waals surface area contributed by atoms with Crippen molar-refractivity contribution >= 4 is 10.9 Å². The van der Waals surface area contributed by atoms with Gasteiger partial charge in [-0.05, 0) is 49.2 Å². The maximum absolute atomic E-state index is 9.60. The quantitative estimate of drug-likeness (QED) is 0.414. The second-order valence-corrected chi connectivity index (χ2v) is 6.85. The van der Waals surface area contributed by atoms with Gasteiger partial charge in [0.2, 0.25) is 0 Å².